The van der Waals surface area contributed by atoms with Crippen molar-refractivity contribution < 1.29 is 38.5 Å². The first-order chi connectivity index (χ1) is 20.1. The molecule has 0 aliphatic carbocycles. The third-order valence-electron chi connectivity index (χ3n) is 7.73. The zero-order chi connectivity index (χ0) is 31.5. The van der Waals surface area contributed by atoms with E-state index in [-0.39, 0.29) is 24.1 Å². The number of nitrogens with zero attached hydrogens (tertiary/aromatic N) is 1. The predicted octanol–water partition coefficient (Wildman–Crippen LogP) is 7.45. The second-order valence-electron chi connectivity index (χ2n) is 12.2. The lowest BCUT2D eigenvalue weighted by molar-refractivity contribution is -0.903. The van der Waals surface area contributed by atoms with Gasteiger partial charge >= 0.3 is 7.60 Å². The van der Waals surface area contributed by atoms with Crippen molar-refractivity contribution in [2.75, 3.05) is 40.5 Å². The van der Waals surface area contributed by atoms with Crippen LogP contribution in [0.3, 0.4) is 0 Å². The molecule has 2 unspecified atom stereocenters. The van der Waals surface area contributed by atoms with Crippen LogP contribution in [0.2, 0.25) is 0 Å². The number of ether oxygens (including phenoxy) is 1. The van der Waals surface area contributed by atoms with Crippen LogP contribution in [-0.2, 0) is 13.8 Å². The van der Waals surface area contributed by atoms with Gasteiger partial charge in [-0.05, 0) is 57.8 Å². The van der Waals surface area contributed by atoms with Gasteiger partial charge in [0.2, 0.25) is 0 Å². The summed E-state index contributed by atoms with van der Waals surface area (Å²) in [5.74, 6) is -0.728. The molecule has 0 aliphatic heterocycles. The smallest absolute Gasteiger partial charge is 0.385 e. The molecule has 0 aromatic heterocycles. The first kappa shape index (κ1) is 41.4. The van der Waals surface area contributed by atoms with Gasteiger partial charge in [-0.3, -0.25) is 4.57 Å². The SMILES string of the molecule is CCCCC/C=C\CCCC/C=C\CCCCCCCCCOC[C@@H](O)COP(=O)(O)C(CC)[N+](C)(C)CCC(O)O. The molecule has 0 aromatic rings. The molecule has 0 saturated heterocycles. The number of quaternary nitrogens is 1. The Labute approximate surface area is 258 Å². The molecule has 4 N–H and O–H groups in total. The van der Waals surface area contributed by atoms with Crippen LogP contribution in [0.15, 0.2) is 24.3 Å². The Morgan fingerprint density at radius 1 is 0.714 bits per heavy atom. The van der Waals surface area contributed by atoms with Crippen molar-refractivity contribution in [2.45, 2.75) is 148 Å². The molecule has 0 rings (SSSR count). The van der Waals surface area contributed by atoms with Crippen molar-refractivity contribution in [3.05, 3.63) is 24.3 Å². The molecular weight excluding hydrogens is 553 g/mol. The van der Waals surface area contributed by atoms with Gasteiger partial charge in [-0.2, -0.15) is 0 Å². The summed E-state index contributed by atoms with van der Waals surface area (Å²) in [6, 6.07) is 0. The lowest BCUT2D eigenvalue weighted by Gasteiger charge is -2.39. The molecule has 0 amide bonds. The van der Waals surface area contributed by atoms with E-state index in [4.69, 9.17) is 19.5 Å². The lowest BCUT2D eigenvalue weighted by atomic mass is 10.1. The molecule has 0 heterocycles. The standard InChI is InChI=1S/C33H66NO7P/c1-5-7-8-9-10-11-12-13-14-15-16-17-18-19-20-21-22-23-24-25-28-40-29-31(35)30-41-42(38,39)32(6-2)34(3,4)27-26-33(36)37/h10-11,16-17,31-33,35-37H,5-9,12-15,18-30H2,1-4H3/p+1/b11-10-,17-16-/t31-,32?/m1/s1. The molecule has 0 spiro atoms. The van der Waals surface area contributed by atoms with E-state index in [9.17, 15) is 14.6 Å². The van der Waals surface area contributed by atoms with E-state index in [0.29, 0.717) is 19.6 Å². The van der Waals surface area contributed by atoms with Crippen molar-refractivity contribution in [1.82, 2.24) is 0 Å². The van der Waals surface area contributed by atoms with E-state index in [1.807, 2.05) is 0 Å². The number of allylic oxidation sites excluding steroid dienone is 4. The van der Waals surface area contributed by atoms with Gasteiger partial charge in [-0.15, -0.1) is 0 Å². The van der Waals surface area contributed by atoms with E-state index in [1.165, 1.54) is 89.9 Å². The van der Waals surface area contributed by atoms with Crippen LogP contribution in [0.5, 0.6) is 0 Å². The summed E-state index contributed by atoms with van der Waals surface area (Å²) in [5.41, 5.74) is 0. The highest BCUT2D eigenvalue weighted by atomic mass is 31.2. The Balaban J connectivity index is 3.70. The molecule has 0 bridgehead atoms. The molecule has 3 atom stereocenters. The van der Waals surface area contributed by atoms with Crippen LogP contribution in [-0.4, -0.2) is 83.3 Å². The average molecular weight is 621 g/mol. The molecular formula is C33H67NO7P+. The van der Waals surface area contributed by atoms with Crippen LogP contribution in [0.25, 0.3) is 0 Å². The number of aliphatic hydroxyl groups excluding tert-OH is 2. The monoisotopic (exact) mass is 620 g/mol. The van der Waals surface area contributed by atoms with Gasteiger partial charge in [0.25, 0.3) is 0 Å². The third-order valence-corrected chi connectivity index (χ3v) is 10.00. The van der Waals surface area contributed by atoms with Crippen LogP contribution in [0, 0.1) is 0 Å². The normalized spacial score (nSPS) is 15.6. The fourth-order valence-electron chi connectivity index (χ4n) is 5.12. The number of hydrogen-bond acceptors (Lipinski definition) is 6. The lowest BCUT2D eigenvalue weighted by Crippen LogP contribution is -2.50. The summed E-state index contributed by atoms with van der Waals surface area (Å²) in [7, 11) is -0.507. The number of hydrogen-bond donors (Lipinski definition) is 4. The minimum absolute atomic E-state index is 0.0649. The minimum Gasteiger partial charge on any atom is -0.388 e. The highest BCUT2D eigenvalue weighted by Gasteiger charge is 2.43. The summed E-state index contributed by atoms with van der Waals surface area (Å²) in [5, 5.41) is 28.4. The van der Waals surface area contributed by atoms with Gasteiger partial charge in [0.15, 0.2) is 12.1 Å². The van der Waals surface area contributed by atoms with E-state index in [1.54, 1.807) is 21.0 Å². The maximum Gasteiger partial charge on any atom is 0.385 e. The Hall–Kier alpha value is -0.570. The Morgan fingerprint density at radius 3 is 1.69 bits per heavy atom. The minimum atomic E-state index is -4.03. The van der Waals surface area contributed by atoms with Crippen molar-refractivity contribution in [1.29, 1.82) is 0 Å². The fraction of sp³-hybridized carbons (Fsp3) is 0.879. The molecule has 0 aliphatic rings. The van der Waals surface area contributed by atoms with Gasteiger partial charge < -0.3 is 34.0 Å². The zero-order valence-electron chi connectivity index (χ0n) is 27.5. The van der Waals surface area contributed by atoms with Crippen LogP contribution in [0.1, 0.15) is 129 Å². The fourth-order valence-corrected chi connectivity index (χ4v) is 7.05. The predicted molar refractivity (Wildman–Crippen MR) is 174 cm³/mol. The average Bonchev–Trinajstić information content (AvgIpc) is 2.93. The molecule has 0 radical (unpaired) electrons. The maximum absolute atomic E-state index is 12.8. The summed E-state index contributed by atoms with van der Waals surface area (Å²) < 4.78 is 23.8. The zero-order valence-corrected chi connectivity index (χ0v) is 28.4. The van der Waals surface area contributed by atoms with Gasteiger partial charge in [0.1, 0.15) is 6.10 Å². The van der Waals surface area contributed by atoms with E-state index >= 15 is 0 Å². The maximum atomic E-state index is 12.8. The Morgan fingerprint density at radius 2 is 1.19 bits per heavy atom. The molecule has 9 heteroatoms. The molecule has 0 fully saturated rings. The van der Waals surface area contributed by atoms with Gasteiger partial charge in [0.05, 0.1) is 33.9 Å². The molecule has 0 aromatic carbocycles. The topological polar surface area (TPSA) is 116 Å². The van der Waals surface area contributed by atoms with E-state index in [2.05, 4.69) is 31.2 Å². The van der Waals surface area contributed by atoms with Crippen molar-refractivity contribution in [3.63, 3.8) is 0 Å². The molecule has 250 valence electrons. The molecule has 0 saturated carbocycles. The second-order valence-corrected chi connectivity index (χ2v) is 14.2. The first-order valence-corrected chi connectivity index (χ1v) is 18.4. The van der Waals surface area contributed by atoms with Gasteiger partial charge in [-0.25, -0.2) is 0 Å². The largest absolute Gasteiger partial charge is 0.388 e. The van der Waals surface area contributed by atoms with Crippen LogP contribution in [0.4, 0.5) is 0 Å². The van der Waals surface area contributed by atoms with Gasteiger partial charge in [0, 0.05) is 19.4 Å². The van der Waals surface area contributed by atoms with Crippen LogP contribution < -0.4 is 0 Å². The van der Waals surface area contributed by atoms with Crippen molar-refractivity contribution in [2.24, 2.45) is 0 Å². The highest BCUT2D eigenvalue weighted by Crippen LogP contribution is 2.52. The third kappa shape index (κ3) is 23.8. The highest BCUT2D eigenvalue weighted by molar-refractivity contribution is 7.53. The number of aliphatic hydroxyl groups is 3. The Kier molecular flexibility index (Phi) is 26.4. The summed E-state index contributed by atoms with van der Waals surface area (Å²) in [6.45, 7) is 4.69. The van der Waals surface area contributed by atoms with E-state index in [0.717, 1.165) is 12.8 Å². The van der Waals surface area contributed by atoms with Crippen molar-refractivity contribution in [3.8, 4) is 0 Å². The molecule has 42 heavy (non-hydrogen) atoms. The first-order valence-electron chi connectivity index (χ1n) is 16.8. The van der Waals surface area contributed by atoms with Gasteiger partial charge in [-0.1, -0.05) is 83.1 Å². The summed E-state index contributed by atoms with van der Waals surface area (Å²) >= 11 is 0. The molecule has 8 nitrogen and oxygen atoms in total. The van der Waals surface area contributed by atoms with E-state index < -0.39 is 25.8 Å². The van der Waals surface area contributed by atoms with Crippen LogP contribution >= 0.6 is 7.60 Å². The second kappa shape index (κ2) is 26.8. The van der Waals surface area contributed by atoms with Crippen molar-refractivity contribution >= 4 is 7.60 Å². The summed E-state index contributed by atoms with van der Waals surface area (Å²) in [6.07, 6.45) is 27.1. The number of rotatable bonds is 30. The summed E-state index contributed by atoms with van der Waals surface area (Å²) in [4.78, 5) is 10.5. The quantitative estimate of drug-likeness (QED) is 0.0217. The number of unbranched alkanes of at least 4 members (excludes halogenated alkanes) is 13. The Bertz CT molecular complexity index is 715.